The number of rotatable bonds is 3. The van der Waals surface area contributed by atoms with E-state index in [2.05, 4.69) is 4.98 Å². The van der Waals surface area contributed by atoms with Crippen molar-refractivity contribution in [3.63, 3.8) is 0 Å². The number of halogens is 4. The highest BCUT2D eigenvalue weighted by Crippen LogP contribution is 2.34. The summed E-state index contributed by atoms with van der Waals surface area (Å²) in [5.74, 6) is 0. The van der Waals surface area contributed by atoms with Gasteiger partial charge in [-0.1, -0.05) is 11.6 Å². The van der Waals surface area contributed by atoms with E-state index in [1.807, 2.05) is 0 Å². The zero-order chi connectivity index (χ0) is 15.7. The predicted molar refractivity (Wildman–Crippen MR) is 67.8 cm³/mol. The maximum absolute atomic E-state index is 12.5. The number of amides is 1. The smallest absolute Gasteiger partial charge is 0.419 e. The summed E-state index contributed by atoms with van der Waals surface area (Å²) in [5.41, 5.74) is -1.53. The van der Waals surface area contributed by atoms with Gasteiger partial charge in [-0.2, -0.15) is 13.2 Å². The van der Waals surface area contributed by atoms with Crippen LogP contribution in [0, 0.1) is 0 Å². The molecule has 0 saturated carbocycles. The normalized spacial score (nSPS) is 12.3. The van der Waals surface area contributed by atoms with Crippen molar-refractivity contribution in [1.82, 2.24) is 9.88 Å². The Labute approximate surface area is 119 Å². The van der Waals surface area contributed by atoms with Gasteiger partial charge in [-0.05, 0) is 26.0 Å². The van der Waals surface area contributed by atoms with Gasteiger partial charge in [0.05, 0.1) is 5.56 Å². The van der Waals surface area contributed by atoms with E-state index in [9.17, 15) is 18.0 Å². The van der Waals surface area contributed by atoms with Gasteiger partial charge in [0.1, 0.15) is 5.15 Å². The lowest BCUT2D eigenvalue weighted by Crippen LogP contribution is -2.46. The maximum atomic E-state index is 12.5. The van der Waals surface area contributed by atoms with Gasteiger partial charge in [0.25, 0.3) is 0 Å². The molecule has 0 radical (unpaired) electrons. The number of hydrogen-bond donors (Lipinski definition) is 1. The third-order valence-electron chi connectivity index (χ3n) is 3.02. The molecule has 112 valence electrons. The molecule has 1 heterocycles. The minimum Gasteiger partial charge on any atom is -0.465 e. The summed E-state index contributed by atoms with van der Waals surface area (Å²) in [6.07, 6.45) is -5.54. The van der Waals surface area contributed by atoms with Crippen LogP contribution in [0.25, 0.3) is 0 Å². The predicted octanol–water partition coefficient (Wildman–Crippen LogP) is 3.68. The second-order valence-corrected chi connectivity index (χ2v) is 5.33. The molecule has 8 heteroatoms. The first-order chi connectivity index (χ1) is 8.95. The van der Waals surface area contributed by atoms with Gasteiger partial charge < -0.3 is 10.0 Å². The molecule has 1 rings (SSSR count). The lowest BCUT2D eigenvalue weighted by atomic mass is 9.96. The Morgan fingerprint density at radius 2 is 1.95 bits per heavy atom. The summed E-state index contributed by atoms with van der Waals surface area (Å²) < 4.78 is 37.6. The Hall–Kier alpha value is -1.50. The van der Waals surface area contributed by atoms with E-state index < -0.39 is 28.5 Å². The average molecular weight is 311 g/mol. The Kier molecular flexibility index (Phi) is 4.53. The van der Waals surface area contributed by atoms with Crippen molar-refractivity contribution in [2.45, 2.75) is 32.0 Å². The summed E-state index contributed by atoms with van der Waals surface area (Å²) >= 11 is 5.52. The monoisotopic (exact) mass is 310 g/mol. The summed E-state index contributed by atoms with van der Waals surface area (Å²) in [5, 5.41) is 8.30. The van der Waals surface area contributed by atoms with E-state index in [0.717, 1.165) is 11.0 Å². The van der Waals surface area contributed by atoms with Gasteiger partial charge in [-0.15, -0.1) is 0 Å². The standard InChI is InChI=1S/C12H14ClF3N2O2/c1-11(2,18(3)10(19)20)6-7-4-5-8(9(13)17-7)12(14,15)16/h4-5H,6H2,1-3H3,(H,19,20). The van der Waals surface area contributed by atoms with Crippen LogP contribution in [0.1, 0.15) is 25.1 Å². The zero-order valence-electron chi connectivity index (χ0n) is 11.1. The minimum absolute atomic E-state index is 0.146. The Bertz CT molecular complexity index is 518. The van der Waals surface area contributed by atoms with Crippen LogP contribution in [0.4, 0.5) is 18.0 Å². The van der Waals surface area contributed by atoms with Crippen LogP contribution in [0.3, 0.4) is 0 Å². The number of carboxylic acid groups (broad SMARTS) is 1. The summed E-state index contributed by atoms with van der Waals surface area (Å²) in [6, 6.07) is 2.05. The third kappa shape index (κ3) is 3.75. The van der Waals surface area contributed by atoms with Crippen LogP contribution >= 0.6 is 11.6 Å². The van der Waals surface area contributed by atoms with Crippen LogP contribution in [0.15, 0.2) is 12.1 Å². The number of aromatic nitrogens is 1. The SMILES string of the molecule is CN(C(=O)O)C(C)(C)Cc1ccc(C(F)(F)F)c(Cl)n1. The maximum Gasteiger partial charge on any atom is 0.419 e. The lowest BCUT2D eigenvalue weighted by Gasteiger charge is -2.33. The average Bonchev–Trinajstić information content (AvgIpc) is 2.25. The zero-order valence-corrected chi connectivity index (χ0v) is 11.9. The molecule has 20 heavy (non-hydrogen) atoms. The largest absolute Gasteiger partial charge is 0.465 e. The van der Waals surface area contributed by atoms with E-state index in [1.165, 1.54) is 13.1 Å². The van der Waals surface area contributed by atoms with Crippen LogP contribution in [0.2, 0.25) is 5.15 Å². The number of carbonyl (C=O) groups is 1. The van der Waals surface area contributed by atoms with E-state index in [1.54, 1.807) is 13.8 Å². The molecule has 0 spiro atoms. The minimum atomic E-state index is -4.56. The highest BCUT2D eigenvalue weighted by Gasteiger charge is 2.34. The van der Waals surface area contributed by atoms with Crippen molar-refractivity contribution in [1.29, 1.82) is 0 Å². The molecular formula is C12H14ClF3N2O2. The fourth-order valence-electron chi connectivity index (χ4n) is 1.60. The van der Waals surface area contributed by atoms with E-state index in [4.69, 9.17) is 16.7 Å². The first-order valence-corrected chi connectivity index (χ1v) is 6.02. The number of pyridine rings is 1. The molecule has 0 aliphatic rings. The summed E-state index contributed by atoms with van der Waals surface area (Å²) in [4.78, 5) is 15.7. The van der Waals surface area contributed by atoms with Crippen LogP contribution in [-0.2, 0) is 12.6 Å². The van der Waals surface area contributed by atoms with Crippen molar-refractivity contribution in [2.24, 2.45) is 0 Å². The molecule has 0 bridgehead atoms. The molecule has 0 atom stereocenters. The first kappa shape index (κ1) is 16.6. The highest BCUT2D eigenvalue weighted by molar-refractivity contribution is 6.30. The molecular weight excluding hydrogens is 297 g/mol. The number of nitrogens with zero attached hydrogens (tertiary/aromatic N) is 2. The molecule has 0 unspecified atom stereocenters. The number of hydrogen-bond acceptors (Lipinski definition) is 2. The summed E-state index contributed by atoms with van der Waals surface area (Å²) in [7, 11) is 1.38. The van der Waals surface area contributed by atoms with Gasteiger partial charge in [0.15, 0.2) is 0 Å². The molecule has 1 aromatic heterocycles. The molecule has 1 aromatic rings. The quantitative estimate of drug-likeness (QED) is 0.866. The van der Waals surface area contributed by atoms with Crippen LogP contribution in [0.5, 0.6) is 0 Å². The Morgan fingerprint density at radius 3 is 2.35 bits per heavy atom. The molecule has 0 fully saturated rings. The van der Waals surface area contributed by atoms with Gasteiger partial charge in [0.2, 0.25) is 0 Å². The van der Waals surface area contributed by atoms with Crippen molar-refractivity contribution in [2.75, 3.05) is 7.05 Å². The fraction of sp³-hybridized carbons (Fsp3) is 0.500. The Morgan fingerprint density at radius 1 is 1.40 bits per heavy atom. The van der Waals surface area contributed by atoms with E-state index in [-0.39, 0.29) is 6.42 Å². The second-order valence-electron chi connectivity index (χ2n) is 4.97. The molecule has 0 aliphatic heterocycles. The van der Waals surface area contributed by atoms with Gasteiger partial charge >= 0.3 is 12.3 Å². The molecule has 1 amide bonds. The van der Waals surface area contributed by atoms with E-state index >= 15 is 0 Å². The molecule has 0 aliphatic carbocycles. The molecule has 1 N–H and O–H groups in total. The second kappa shape index (κ2) is 5.47. The highest BCUT2D eigenvalue weighted by atomic mass is 35.5. The van der Waals surface area contributed by atoms with Gasteiger partial charge in [-0.3, -0.25) is 0 Å². The molecule has 0 aromatic carbocycles. The van der Waals surface area contributed by atoms with E-state index in [0.29, 0.717) is 5.69 Å². The topological polar surface area (TPSA) is 53.4 Å². The van der Waals surface area contributed by atoms with Crippen LogP contribution in [-0.4, -0.2) is 33.7 Å². The number of alkyl halides is 3. The summed E-state index contributed by atoms with van der Waals surface area (Å²) in [6.45, 7) is 3.29. The van der Waals surface area contributed by atoms with Crippen molar-refractivity contribution < 1.29 is 23.1 Å². The molecule has 4 nitrogen and oxygen atoms in total. The van der Waals surface area contributed by atoms with Crippen molar-refractivity contribution in [3.8, 4) is 0 Å². The van der Waals surface area contributed by atoms with Gasteiger partial charge in [-0.25, -0.2) is 9.78 Å². The Balaban J connectivity index is 3.01. The van der Waals surface area contributed by atoms with Crippen molar-refractivity contribution in [3.05, 3.63) is 28.5 Å². The first-order valence-electron chi connectivity index (χ1n) is 5.64. The molecule has 0 saturated heterocycles. The van der Waals surface area contributed by atoms with Crippen molar-refractivity contribution >= 4 is 17.7 Å². The lowest BCUT2D eigenvalue weighted by molar-refractivity contribution is -0.137. The fourth-order valence-corrected chi connectivity index (χ4v) is 1.88. The third-order valence-corrected chi connectivity index (χ3v) is 3.31. The van der Waals surface area contributed by atoms with Gasteiger partial charge in [0, 0.05) is 24.7 Å². The van der Waals surface area contributed by atoms with Crippen LogP contribution < -0.4 is 0 Å². The number of likely N-dealkylation sites (N-methyl/N-ethyl adjacent to an activating group) is 1.